The lowest BCUT2D eigenvalue weighted by Gasteiger charge is -2.13. The number of thioether (sulfide) groups is 1. The van der Waals surface area contributed by atoms with Crippen molar-refractivity contribution in [2.45, 2.75) is 44.6 Å². The highest BCUT2D eigenvalue weighted by Crippen LogP contribution is 2.39. The van der Waals surface area contributed by atoms with Crippen molar-refractivity contribution < 1.29 is 14.3 Å². The standard InChI is InChI=1S/C25H22N4O3S3/c1-3-32-25(31)22-15-7-4-5-8-18(15)35-24(22)29-20(30)13-34-23-17(12-27)21(19-9-6-10-33-19)16(11-26)14(2)28-23/h6,9-10H,3-5,7-8,13H2,1-2H3,(H,29,30). The number of carbonyl (C=O) groups excluding carboxylic acids is 2. The Morgan fingerprint density at radius 1 is 1.23 bits per heavy atom. The average Bonchev–Trinajstić information content (AvgIpc) is 3.50. The van der Waals surface area contributed by atoms with E-state index in [-0.39, 0.29) is 23.8 Å². The highest BCUT2D eigenvalue weighted by Gasteiger charge is 2.27. The van der Waals surface area contributed by atoms with E-state index < -0.39 is 5.97 Å². The van der Waals surface area contributed by atoms with Crippen LogP contribution in [0.5, 0.6) is 0 Å². The van der Waals surface area contributed by atoms with Gasteiger partial charge in [-0.25, -0.2) is 9.78 Å². The lowest BCUT2D eigenvalue weighted by atomic mass is 9.95. The largest absolute Gasteiger partial charge is 0.462 e. The lowest BCUT2D eigenvalue weighted by Crippen LogP contribution is -2.17. The molecular weight excluding hydrogens is 501 g/mol. The van der Waals surface area contributed by atoms with Gasteiger partial charge in [0, 0.05) is 15.3 Å². The predicted molar refractivity (Wildman–Crippen MR) is 138 cm³/mol. The molecule has 3 aromatic rings. The van der Waals surface area contributed by atoms with Crippen molar-refractivity contribution in [1.82, 2.24) is 4.98 Å². The molecule has 0 spiro atoms. The molecule has 3 aromatic heterocycles. The molecule has 0 aromatic carbocycles. The summed E-state index contributed by atoms with van der Waals surface area (Å²) < 4.78 is 5.26. The molecule has 0 unspecified atom stereocenters. The Morgan fingerprint density at radius 3 is 2.69 bits per heavy atom. The fourth-order valence-electron chi connectivity index (χ4n) is 4.06. The fraction of sp³-hybridized carbons (Fsp3) is 0.320. The molecule has 4 rings (SSSR count). The summed E-state index contributed by atoms with van der Waals surface area (Å²) in [4.78, 5) is 31.9. The first-order chi connectivity index (χ1) is 17.0. The fourth-order valence-corrected chi connectivity index (χ4v) is 6.97. The van der Waals surface area contributed by atoms with E-state index in [1.165, 1.54) is 22.7 Å². The molecule has 0 aliphatic heterocycles. The normalized spacial score (nSPS) is 12.3. The number of nitrogens with one attached hydrogen (secondary N) is 1. The van der Waals surface area contributed by atoms with Crippen molar-refractivity contribution in [1.29, 1.82) is 10.5 Å². The van der Waals surface area contributed by atoms with Crippen LogP contribution in [0, 0.1) is 29.6 Å². The number of pyridine rings is 1. The molecule has 7 nitrogen and oxygen atoms in total. The molecule has 3 heterocycles. The summed E-state index contributed by atoms with van der Waals surface area (Å²) in [5.74, 6) is -0.710. The third-order valence-corrected chi connectivity index (χ3v) is 8.65. The van der Waals surface area contributed by atoms with Crippen LogP contribution in [-0.4, -0.2) is 29.2 Å². The van der Waals surface area contributed by atoms with Gasteiger partial charge in [-0.1, -0.05) is 17.8 Å². The molecule has 0 fully saturated rings. The zero-order chi connectivity index (χ0) is 24.9. The van der Waals surface area contributed by atoms with Crippen LogP contribution in [0.15, 0.2) is 22.5 Å². The van der Waals surface area contributed by atoms with Gasteiger partial charge in [0.1, 0.15) is 22.2 Å². The number of nitriles is 2. The van der Waals surface area contributed by atoms with Crippen LogP contribution in [0.3, 0.4) is 0 Å². The van der Waals surface area contributed by atoms with E-state index in [4.69, 9.17) is 4.74 Å². The van der Waals surface area contributed by atoms with Crippen LogP contribution in [0.4, 0.5) is 5.00 Å². The molecule has 10 heteroatoms. The van der Waals surface area contributed by atoms with Crippen LogP contribution in [0.2, 0.25) is 0 Å². The summed E-state index contributed by atoms with van der Waals surface area (Å²) >= 11 is 4.02. The van der Waals surface area contributed by atoms with Gasteiger partial charge >= 0.3 is 5.97 Å². The van der Waals surface area contributed by atoms with Crippen molar-refractivity contribution in [3.05, 3.63) is 50.3 Å². The maximum Gasteiger partial charge on any atom is 0.341 e. The molecule has 0 atom stereocenters. The predicted octanol–water partition coefficient (Wildman–Crippen LogP) is 5.71. The summed E-state index contributed by atoms with van der Waals surface area (Å²) in [6.07, 6.45) is 3.76. The Bertz CT molecular complexity index is 1360. The zero-order valence-electron chi connectivity index (χ0n) is 19.3. The van der Waals surface area contributed by atoms with Crippen molar-refractivity contribution in [3.63, 3.8) is 0 Å². The first kappa shape index (κ1) is 24.9. The molecule has 35 heavy (non-hydrogen) atoms. The second kappa shape index (κ2) is 11.0. The van der Waals surface area contributed by atoms with E-state index in [1.807, 2.05) is 17.5 Å². The molecule has 0 saturated carbocycles. The minimum atomic E-state index is -0.411. The average molecular weight is 523 g/mol. The number of fused-ring (bicyclic) bond motifs is 1. The van der Waals surface area contributed by atoms with Crippen LogP contribution < -0.4 is 5.32 Å². The van der Waals surface area contributed by atoms with Gasteiger partial charge in [0.05, 0.1) is 34.7 Å². The minimum absolute atomic E-state index is 0.00172. The van der Waals surface area contributed by atoms with E-state index in [2.05, 4.69) is 22.4 Å². The van der Waals surface area contributed by atoms with Crippen LogP contribution in [0.25, 0.3) is 10.4 Å². The number of amides is 1. The molecule has 1 aliphatic rings. The second-order valence-electron chi connectivity index (χ2n) is 7.80. The van der Waals surface area contributed by atoms with Crippen molar-refractivity contribution in [2.24, 2.45) is 0 Å². The molecule has 0 bridgehead atoms. The van der Waals surface area contributed by atoms with E-state index in [1.54, 1.807) is 13.8 Å². The van der Waals surface area contributed by atoms with Gasteiger partial charge in [0.15, 0.2) is 0 Å². The minimum Gasteiger partial charge on any atom is -0.462 e. The summed E-state index contributed by atoms with van der Waals surface area (Å²) in [6.45, 7) is 3.75. The van der Waals surface area contributed by atoms with E-state index in [9.17, 15) is 20.1 Å². The topological polar surface area (TPSA) is 116 Å². The number of anilines is 1. The molecule has 0 saturated heterocycles. The summed E-state index contributed by atoms with van der Waals surface area (Å²) in [6, 6.07) is 8.06. The number of esters is 1. The Balaban J connectivity index is 1.59. The van der Waals surface area contributed by atoms with Crippen LogP contribution >= 0.6 is 34.4 Å². The first-order valence-corrected chi connectivity index (χ1v) is 13.8. The zero-order valence-corrected chi connectivity index (χ0v) is 21.7. The number of hydrogen-bond donors (Lipinski definition) is 1. The second-order valence-corrected chi connectivity index (χ2v) is 10.8. The van der Waals surface area contributed by atoms with E-state index in [0.717, 1.165) is 52.8 Å². The third-order valence-electron chi connectivity index (χ3n) is 5.58. The Kier molecular flexibility index (Phi) is 7.86. The Morgan fingerprint density at radius 2 is 2.00 bits per heavy atom. The van der Waals surface area contributed by atoms with Gasteiger partial charge in [-0.2, -0.15) is 10.5 Å². The van der Waals surface area contributed by atoms with Gasteiger partial charge < -0.3 is 10.1 Å². The van der Waals surface area contributed by atoms with Crippen molar-refractivity contribution in [3.8, 4) is 22.6 Å². The SMILES string of the molecule is CCOC(=O)c1c(NC(=O)CSc2nc(C)c(C#N)c(-c3cccs3)c2C#N)sc2c1CCCC2. The number of nitrogens with zero attached hydrogens (tertiary/aromatic N) is 3. The Labute approximate surface area is 215 Å². The number of aryl methyl sites for hydroxylation is 2. The highest BCUT2D eigenvalue weighted by molar-refractivity contribution is 8.00. The first-order valence-electron chi connectivity index (χ1n) is 11.1. The number of aromatic nitrogens is 1. The summed E-state index contributed by atoms with van der Waals surface area (Å²) in [5.41, 5.74) is 3.16. The van der Waals surface area contributed by atoms with Crippen molar-refractivity contribution in [2.75, 3.05) is 17.7 Å². The number of rotatable bonds is 7. The highest BCUT2D eigenvalue weighted by atomic mass is 32.2. The lowest BCUT2D eigenvalue weighted by molar-refractivity contribution is -0.113. The monoisotopic (exact) mass is 522 g/mol. The number of ether oxygens (including phenoxy) is 1. The smallest absolute Gasteiger partial charge is 0.341 e. The molecule has 1 amide bonds. The quantitative estimate of drug-likeness (QED) is 0.312. The van der Waals surface area contributed by atoms with Crippen LogP contribution in [0.1, 0.15) is 57.4 Å². The van der Waals surface area contributed by atoms with Crippen LogP contribution in [-0.2, 0) is 22.4 Å². The number of carbonyl (C=O) groups is 2. The van der Waals surface area contributed by atoms with Gasteiger partial charge in [0.2, 0.25) is 5.91 Å². The third kappa shape index (κ3) is 5.10. The van der Waals surface area contributed by atoms with Gasteiger partial charge in [-0.05, 0) is 56.5 Å². The van der Waals surface area contributed by atoms with Crippen molar-refractivity contribution >= 4 is 51.3 Å². The Hall–Kier alpha value is -3.18. The van der Waals surface area contributed by atoms with Gasteiger partial charge in [-0.3, -0.25) is 4.79 Å². The molecule has 1 N–H and O–H groups in total. The number of hydrogen-bond acceptors (Lipinski definition) is 9. The molecule has 1 aliphatic carbocycles. The van der Waals surface area contributed by atoms with E-state index >= 15 is 0 Å². The summed E-state index contributed by atoms with van der Waals surface area (Å²) in [7, 11) is 0. The molecular formula is C25H22N4O3S3. The van der Waals surface area contributed by atoms with Gasteiger partial charge in [-0.15, -0.1) is 22.7 Å². The number of thiophene rings is 2. The van der Waals surface area contributed by atoms with E-state index in [0.29, 0.717) is 32.4 Å². The summed E-state index contributed by atoms with van der Waals surface area (Å²) in [5, 5.41) is 25.3. The maximum absolute atomic E-state index is 12.9. The molecule has 178 valence electrons. The molecule has 0 radical (unpaired) electrons. The maximum atomic E-state index is 12.9. The van der Waals surface area contributed by atoms with Gasteiger partial charge in [0.25, 0.3) is 0 Å².